The second-order valence-electron chi connectivity index (χ2n) is 11.2. The number of fused-ring (bicyclic) bond motifs is 7. The van der Waals surface area contributed by atoms with Crippen molar-refractivity contribution in [2.45, 2.75) is 19.2 Å². The summed E-state index contributed by atoms with van der Waals surface area (Å²) in [6, 6.07) is 22.1. The van der Waals surface area contributed by atoms with Gasteiger partial charge in [-0.2, -0.15) is 0 Å². The standard InChI is InChI=1S/C35H27N3O8S2/c1-4-10-34(48(42,43)44)38-30-19-26-25-13-8-9-14-27(25)36(3)29(26)20-31(30)45-33(38)18-22(5-2)17-32-37(21-47(39,40)41)28-16-15-23-11-6-7-12-24(23)35(28)46-32/h6-9,11-20H,1,5,21H2,2-3H3,(H-,39,40,41,42,43,44)/p-1. The minimum Gasteiger partial charge on any atom is -0.743 e. The Balaban J connectivity index is 1.45. The van der Waals surface area contributed by atoms with E-state index in [-0.39, 0.29) is 23.2 Å². The third-order valence-electron chi connectivity index (χ3n) is 8.24. The molecule has 0 saturated heterocycles. The van der Waals surface area contributed by atoms with Crippen molar-refractivity contribution in [1.29, 1.82) is 0 Å². The Kier molecular flexibility index (Phi) is 7.41. The van der Waals surface area contributed by atoms with Crippen molar-refractivity contribution < 1.29 is 39.7 Å². The van der Waals surface area contributed by atoms with Gasteiger partial charge in [-0.1, -0.05) is 55.1 Å². The Labute approximate surface area is 275 Å². The van der Waals surface area contributed by atoms with Gasteiger partial charge in [0.25, 0.3) is 5.52 Å². The van der Waals surface area contributed by atoms with Crippen LogP contribution in [0.3, 0.4) is 0 Å². The van der Waals surface area contributed by atoms with E-state index in [2.05, 4.69) is 18.0 Å². The number of benzene rings is 4. The average Bonchev–Trinajstić information content (AvgIpc) is 3.66. The quantitative estimate of drug-likeness (QED) is 0.114. The van der Waals surface area contributed by atoms with Gasteiger partial charge in [-0.25, -0.2) is 16.8 Å². The van der Waals surface area contributed by atoms with Gasteiger partial charge in [0.2, 0.25) is 17.3 Å². The molecule has 0 N–H and O–H groups in total. The van der Waals surface area contributed by atoms with E-state index >= 15 is 0 Å². The van der Waals surface area contributed by atoms with Crippen LogP contribution in [0.15, 0.2) is 118 Å². The summed E-state index contributed by atoms with van der Waals surface area (Å²) in [6.07, 6.45) is 3.38. The van der Waals surface area contributed by atoms with Crippen LogP contribution in [0.5, 0.6) is 5.75 Å². The van der Waals surface area contributed by atoms with Gasteiger partial charge in [-0.15, -0.1) is 4.57 Å². The van der Waals surface area contributed by atoms with Crippen LogP contribution < -0.4 is 14.2 Å². The summed E-state index contributed by atoms with van der Waals surface area (Å²) in [7, 11) is -7.97. The van der Waals surface area contributed by atoms with Crippen LogP contribution in [0.2, 0.25) is 0 Å². The molecule has 0 fully saturated rings. The molecular weight excluding hydrogens is 655 g/mol. The molecule has 0 bridgehead atoms. The first-order valence-electron chi connectivity index (χ1n) is 14.7. The topological polar surface area (TPSA) is 149 Å². The van der Waals surface area contributed by atoms with Crippen molar-refractivity contribution in [3.05, 3.63) is 119 Å². The highest BCUT2D eigenvalue weighted by atomic mass is 32.2. The number of rotatable bonds is 7. The third kappa shape index (κ3) is 5.30. The molecule has 0 saturated carbocycles. The first-order valence-corrected chi connectivity index (χ1v) is 17.7. The van der Waals surface area contributed by atoms with Crippen LogP contribution in [0.1, 0.15) is 19.2 Å². The van der Waals surface area contributed by atoms with Gasteiger partial charge >= 0.3 is 5.89 Å². The maximum atomic E-state index is 12.6. The van der Waals surface area contributed by atoms with Gasteiger partial charge < -0.3 is 22.8 Å². The highest BCUT2D eigenvalue weighted by Crippen LogP contribution is 2.46. The zero-order valence-electron chi connectivity index (χ0n) is 25.6. The maximum Gasteiger partial charge on any atom is 0.375 e. The van der Waals surface area contributed by atoms with E-state index in [9.17, 15) is 25.9 Å². The number of allylic oxidation sites excluding steroid dienone is 2. The number of nitrogens with zero attached hydrogens (tertiary/aromatic N) is 3. The normalized spacial score (nSPS) is 14.5. The second kappa shape index (κ2) is 11.4. The van der Waals surface area contributed by atoms with Crippen molar-refractivity contribution in [2.75, 3.05) is 4.90 Å². The lowest BCUT2D eigenvalue weighted by Gasteiger charge is -2.22. The predicted molar refractivity (Wildman–Crippen MR) is 179 cm³/mol. The lowest BCUT2D eigenvalue weighted by Crippen LogP contribution is -2.39. The summed E-state index contributed by atoms with van der Waals surface area (Å²) in [4.78, 5) is 1.14. The molecule has 0 aliphatic carbocycles. The van der Waals surface area contributed by atoms with E-state index in [4.69, 9.17) is 9.15 Å². The molecule has 242 valence electrons. The van der Waals surface area contributed by atoms with E-state index in [0.717, 1.165) is 37.5 Å². The number of ether oxygens (including phenoxy) is 1. The number of aryl methyl sites for hydroxylation is 1. The minimum absolute atomic E-state index is 0.0422. The van der Waals surface area contributed by atoms with Crippen LogP contribution in [-0.4, -0.2) is 30.5 Å². The highest BCUT2D eigenvalue weighted by Gasteiger charge is 2.34. The molecule has 0 atom stereocenters. The molecule has 11 nitrogen and oxygen atoms in total. The van der Waals surface area contributed by atoms with Gasteiger partial charge in [-0.3, -0.25) is 4.90 Å². The zero-order valence-corrected chi connectivity index (χ0v) is 27.3. The lowest BCUT2D eigenvalue weighted by atomic mass is 10.1. The van der Waals surface area contributed by atoms with Crippen LogP contribution in [0.4, 0.5) is 5.69 Å². The fraction of sp³-hybridized carbons (Fsp3) is 0.114. The molecule has 0 amide bonds. The summed E-state index contributed by atoms with van der Waals surface area (Å²) in [5.74, 6) is -0.589. The zero-order chi connectivity index (χ0) is 34.0. The molecule has 0 unspecified atom stereocenters. The molecule has 1 aliphatic heterocycles. The Hall–Kier alpha value is -5.39. The van der Waals surface area contributed by atoms with Crippen molar-refractivity contribution in [3.63, 3.8) is 0 Å². The van der Waals surface area contributed by atoms with E-state index in [1.165, 1.54) is 10.6 Å². The number of oxazole rings is 1. The van der Waals surface area contributed by atoms with Crippen molar-refractivity contribution in [1.82, 2.24) is 4.57 Å². The van der Waals surface area contributed by atoms with E-state index < -0.39 is 31.1 Å². The van der Waals surface area contributed by atoms with Crippen LogP contribution >= 0.6 is 0 Å². The Morgan fingerprint density at radius 2 is 1.69 bits per heavy atom. The second-order valence-corrected chi connectivity index (χ2v) is 13.8. The molecule has 48 heavy (non-hydrogen) atoms. The molecule has 13 heteroatoms. The first kappa shape index (κ1) is 31.2. The smallest absolute Gasteiger partial charge is 0.375 e. The summed E-state index contributed by atoms with van der Waals surface area (Å²) < 4.78 is 89.5. The molecular formula is C35H26N3O8S2-. The highest BCUT2D eigenvalue weighted by molar-refractivity contribution is 7.89. The molecule has 1 aliphatic rings. The van der Waals surface area contributed by atoms with Gasteiger partial charge in [0.1, 0.15) is 10.1 Å². The Bertz CT molecular complexity index is 2720. The van der Waals surface area contributed by atoms with Crippen LogP contribution in [-0.2, 0) is 33.2 Å². The van der Waals surface area contributed by atoms with Crippen molar-refractivity contribution in [2.24, 2.45) is 7.05 Å². The fourth-order valence-electron chi connectivity index (χ4n) is 6.11. The van der Waals surface area contributed by atoms with E-state index in [0.29, 0.717) is 23.1 Å². The molecule has 0 radical (unpaired) electrons. The van der Waals surface area contributed by atoms with Gasteiger partial charge in [0.15, 0.2) is 20.9 Å². The molecule has 6 aromatic rings. The minimum atomic E-state index is -5.13. The number of hydrogen-bond donors (Lipinski definition) is 0. The molecule has 4 aromatic carbocycles. The first-order chi connectivity index (χ1) is 22.9. The Morgan fingerprint density at radius 1 is 0.958 bits per heavy atom. The lowest BCUT2D eigenvalue weighted by molar-refractivity contribution is -0.658. The molecule has 2 aromatic heterocycles. The van der Waals surface area contributed by atoms with Crippen molar-refractivity contribution >= 4 is 75.7 Å². The van der Waals surface area contributed by atoms with Gasteiger partial charge in [0.05, 0.1) is 17.3 Å². The molecule has 0 spiro atoms. The largest absolute Gasteiger partial charge is 0.743 e. The van der Waals surface area contributed by atoms with Gasteiger partial charge in [0, 0.05) is 46.9 Å². The number of anilines is 1. The number of aromatic nitrogens is 2. The van der Waals surface area contributed by atoms with Crippen molar-refractivity contribution in [3.8, 4) is 5.75 Å². The summed E-state index contributed by atoms with van der Waals surface area (Å²) in [6.45, 7) is 5.24. The van der Waals surface area contributed by atoms with Gasteiger partial charge in [-0.05, 0) is 47.9 Å². The SMILES string of the molecule is C=C=C=C(N1C(=CC(=Cc2oc3c4ccccc4ccc3[n+]2CS(=O)(=O)[O-])CC)Oc2cc3c(cc21)c1ccccc1n3C)S(=O)(=O)[O-]. The monoisotopic (exact) mass is 680 g/mol. The number of para-hydroxylation sites is 1. The third-order valence-corrected chi connectivity index (χ3v) is 9.57. The summed E-state index contributed by atoms with van der Waals surface area (Å²) >= 11 is 0. The predicted octanol–water partition coefficient (Wildman–Crippen LogP) is 5.88. The summed E-state index contributed by atoms with van der Waals surface area (Å²) in [5.41, 5.74) is 7.93. The number of hydrogen-bond acceptors (Lipinski definition) is 9. The van der Waals surface area contributed by atoms with E-state index in [1.54, 1.807) is 30.3 Å². The van der Waals surface area contributed by atoms with E-state index in [1.807, 2.05) is 67.1 Å². The Morgan fingerprint density at radius 3 is 2.40 bits per heavy atom. The van der Waals surface area contributed by atoms with Crippen LogP contribution in [0, 0.1) is 0 Å². The fourth-order valence-corrected chi connectivity index (χ4v) is 7.30. The average molecular weight is 681 g/mol. The summed E-state index contributed by atoms with van der Waals surface area (Å²) in [5, 5.41) is 2.50. The molecule has 3 heterocycles. The molecule has 7 rings (SSSR count). The maximum absolute atomic E-state index is 12.6. The van der Waals surface area contributed by atoms with Crippen LogP contribution in [0.25, 0.3) is 49.8 Å².